The third-order valence-corrected chi connectivity index (χ3v) is 5.35. The number of guanidine groups is 1. The lowest BCUT2D eigenvalue weighted by molar-refractivity contribution is 0.549. The fourth-order valence-corrected chi connectivity index (χ4v) is 3.57. The van der Waals surface area contributed by atoms with Crippen LogP contribution in [0.4, 0.5) is 0 Å². The van der Waals surface area contributed by atoms with Crippen molar-refractivity contribution in [3.05, 3.63) is 30.3 Å². The van der Waals surface area contributed by atoms with Crippen LogP contribution in [0.1, 0.15) is 40.0 Å². The van der Waals surface area contributed by atoms with Crippen LogP contribution < -0.4 is 10.6 Å². The van der Waals surface area contributed by atoms with Crippen LogP contribution in [0.25, 0.3) is 0 Å². The highest BCUT2D eigenvalue weighted by Crippen LogP contribution is 2.10. The van der Waals surface area contributed by atoms with Crippen LogP contribution in [0, 0.1) is 5.92 Å². The number of hydrogen-bond acceptors (Lipinski definition) is 3. The molecule has 0 radical (unpaired) electrons. The minimum Gasteiger partial charge on any atom is -0.357 e. The van der Waals surface area contributed by atoms with E-state index >= 15 is 0 Å². The fraction of sp³-hybridized carbons (Fsp3) is 0.611. The molecule has 0 unspecified atom stereocenters. The smallest absolute Gasteiger partial charge is 0.191 e. The van der Waals surface area contributed by atoms with Crippen molar-refractivity contribution in [1.82, 2.24) is 10.6 Å². The molecule has 1 rings (SSSR count). The standard InChI is InChI=1S/C18H31N3O2S/c1-4-19-18(20-13-8-10-16(2)3)21-14-9-15-24(22,23)17-11-6-5-7-12-17/h5-7,11-12,16H,4,8-10,13-15H2,1-3H3,(H2,19,20,21). The highest BCUT2D eigenvalue weighted by atomic mass is 32.2. The molecule has 0 bridgehead atoms. The minimum atomic E-state index is -3.21. The van der Waals surface area contributed by atoms with Gasteiger partial charge in [-0.05, 0) is 44.2 Å². The van der Waals surface area contributed by atoms with Gasteiger partial charge in [-0.3, -0.25) is 4.99 Å². The van der Waals surface area contributed by atoms with E-state index in [2.05, 4.69) is 29.5 Å². The van der Waals surface area contributed by atoms with Crippen LogP contribution in [0.5, 0.6) is 0 Å². The summed E-state index contributed by atoms with van der Waals surface area (Å²) in [6.07, 6.45) is 2.80. The van der Waals surface area contributed by atoms with Gasteiger partial charge in [0.25, 0.3) is 0 Å². The number of sulfone groups is 1. The quantitative estimate of drug-likeness (QED) is 0.385. The van der Waals surface area contributed by atoms with E-state index in [-0.39, 0.29) is 5.75 Å². The lowest BCUT2D eigenvalue weighted by atomic mass is 10.1. The first-order valence-electron chi connectivity index (χ1n) is 8.75. The van der Waals surface area contributed by atoms with Crippen molar-refractivity contribution in [2.45, 2.75) is 44.9 Å². The summed E-state index contributed by atoms with van der Waals surface area (Å²) in [5, 5.41) is 6.48. The molecule has 1 aromatic carbocycles. The Balaban J connectivity index is 2.41. The van der Waals surface area contributed by atoms with Crippen LogP contribution in [0.2, 0.25) is 0 Å². The molecule has 0 aromatic heterocycles. The van der Waals surface area contributed by atoms with Gasteiger partial charge in [0.05, 0.1) is 10.6 Å². The minimum absolute atomic E-state index is 0.118. The SMILES string of the molecule is CCNC(=NCCCS(=O)(=O)c1ccccc1)NCCCC(C)C. The first-order chi connectivity index (χ1) is 11.5. The van der Waals surface area contributed by atoms with E-state index in [0.29, 0.717) is 23.8 Å². The maximum Gasteiger partial charge on any atom is 0.191 e. The van der Waals surface area contributed by atoms with E-state index in [9.17, 15) is 8.42 Å². The van der Waals surface area contributed by atoms with Gasteiger partial charge in [0, 0.05) is 19.6 Å². The molecule has 0 saturated carbocycles. The molecular weight excluding hydrogens is 322 g/mol. The Morgan fingerprint density at radius 2 is 1.83 bits per heavy atom. The van der Waals surface area contributed by atoms with Gasteiger partial charge in [-0.15, -0.1) is 0 Å². The number of rotatable bonds is 10. The summed E-state index contributed by atoms with van der Waals surface area (Å²) in [6.45, 7) is 8.61. The molecule has 24 heavy (non-hydrogen) atoms. The molecule has 5 nitrogen and oxygen atoms in total. The van der Waals surface area contributed by atoms with E-state index < -0.39 is 9.84 Å². The Kier molecular flexibility index (Phi) is 9.45. The summed E-state index contributed by atoms with van der Waals surface area (Å²) in [7, 11) is -3.21. The predicted octanol–water partition coefficient (Wildman–Crippen LogP) is 2.84. The first-order valence-corrected chi connectivity index (χ1v) is 10.4. The molecule has 0 spiro atoms. The van der Waals surface area contributed by atoms with Crippen LogP contribution in [-0.2, 0) is 9.84 Å². The van der Waals surface area contributed by atoms with Gasteiger partial charge in [0.2, 0.25) is 0 Å². The average molecular weight is 354 g/mol. The summed E-state index contributed by atoms with van der Waals surface area (Å²) >= 11 is 0. The van der Waals surface area contributed by atoms with Crippen molar-refractivity contribution in [2.75, 3.05) is 25.4 Å². The molecule has 0 aliphatic heterocycles. The topological polar surface area (TPSA) is 70.6 Å². The Morgan fingerprint density at radius 3 is 2.46 bits per heavy atom. The molecule has 136 valence electrons. The summed E-state index contributed by atoms with van der Waals surface area (Å²) in [6, 6.07) is 8.58. The molecule has 0 heterocycles. The van der Waals surface area contributed by atoms with Gasteiger partial charge >= 0.3 is 0 Å². The number of nitrogens with zero attached hydrogens (tertiary/aromatic N) is 1. The van der Waals surface area contributed by atoms with Crippen molar-refractivity contribution in [2.24, 2.45) is 10.9 Å². The van der Waals surface area contributed by atoms with Gasteiger partial charge < -0.3 is 10.6 Å². The Hall–Kier alpha value is -1.56. The number of hydrogen-bond donors (Lipinski definition) is 2. The number of nitrogens with one attached hydrogen (secondary N) is 2. The van der Waals surface area contributed by atoms with Gasteiger partial charge in [0.1, 0.15) is 0 Å². The van der Waals surface area contributed by atoms with Crippen molar-refractivity contribution < 1.29 is 8.42 Å². The fourth-order valence-electron chi connectivity index (χ4n) is 2.25. The van der Waals surface area contributed by atoms with Crippen LogP contribution in [0.15, 0.2) is 40.2 Å². The molecule has 0 atom stereocenters. The van der Waals surface area contributed by atoms with Gasteiger partial charge in [0.15, 0.2) is 15.8 Å². The zero-order valence-corrected chi connectivity index (χ0v) is 15.9. The summed E-state index contributed by atoms with van der Waals surface area (Å²) < 4.78 is 24.4. The molecule has 1 aromatic rings. The monoisotopic (exact) mass is 353 g/mol. The largest absolute Gasteiger partial charge is 0.357 e. The van der Waals surface area contributed by atoms with E-state index in [4.69, 9.17) is 0 Å². The van der Waals surface area contributed by atoms with Gasteiger partial charge in [-0.25, -0.2) is 8.42 Å². The number of benzene rings is 1. The lowest BCUT2D eigenvalue weighted by Gasteiger charge is -2.12. The van der Waals surface area contributed by atoms with E-state index in [1.807, 2.05) is 13.0 Å². The highest BCUT2D eigenvalue weighted by Gasteiger charge is 2.12. The van der Waals surface area contributed by atoms with Crippen molar-refractivity contribution in [3.63, 3.8) is 0 Å². The predicted molar refractivity (Wildman–Crippen MR) is 101 cm³/mol. The second-order valence-corrected chi connectivity index (χ2v) is 8.32. The molecule has 0 aliphatic carbocycles. The van der Waals surface area contributed by atoms with Crippen LogP contribution in [0.3, 0.4) is 0 Å². The molecule has 2 N–H and O–H groups in total. The highest BCUT2D eigenvalue weighted by molar-refractivity contribution is 7.91. The zero-order chi connectivity index (χ0) is 17.8. The van der Waals surface area contributed by atoms with Crippen molar-refractivity contribution >= 4 is 15.8 Å². The lowest BCUT2D eigenvalue weighted by Crippen LogP contribution is -2.38. The average Bonchev–Trinajstić information content (AvgIpc) is 2.56. The summed E-state index contributed by atoms with van der Waals surface area (Å²) in [4.78, 5) is 4.84. The van der Waals surface area contributed by atoms with E-state index in [0.717, 1.165) is 25.5 Å². The van der Waals surface area contributed by atoms with Gasteiger partial charge in [-0.2, -0.15) is 0 Å². The van der Waals surface area contributed by atoms with Crippen molar-refractivity contribution in [3.8, 4) is 0 Å². The molecule has 6 heteroatoms. The van der Waals surface area contributed by atoms with Crippen LogP contribution >= 0.6 is 0 Å². The van der Waals surface area contributed by atoms with E-state index in [1.165, 1.54) is 6.42 Å². The Morgan fingerprint density at radius 1 is 1.12 bits per heavy atom. The summed E-state index contributed by atoms with van der Waals surface area (Å²) in [5.74, 6) is 1.58. The molecule has 0 saturated heterocycles. The normalized spacial score (nSPS) is 12.4. The van der Waals surface area contributed by atoms with Gasteiger partial charge in [-0.1, -0.05) is 32.0 Å². The molecule has 0 fully saturated rings. The first kappa shape index (κ1) is 20.5. The number of aliphatic imine (C=N–C) groups is 1. The zero-order valence-electron chi connectivity index (χ0n) is 15.1. The van der Waals surface area contributed by atoms with E-state index in [1.54, 1.807) is 24.3 Å². The Bertz CT molecular complexity index is 584. The Labute approximate surface area is 146 Å². The third-order valence-electron chi connectivity index (χ3n) is 3.54. The second-order valence-electron chi connectivity index (χ2n) is 6.21. The van der Waals surface area contributed by atoms with Crippen molar-refractivity contribution in [1.29, 1.82) is 0 Å². The molecule has 0 amide bonds. The second kappa shape index (κ2) is 11.1. The maximum absolute atomic E-state index is 12.2. The molecule has 0 aliphatic rings. The summed E-state index contributed by atoms with van der Waals surface area (Å²) in [5.41, 5.74) is 0. The maximum atomic E-state index is 12.2. The third kappa shape index (κ3) is 8.34. The molecular formula is C18H31N3O2S. The van der Waals surface area contributed by atoms with Crippen LogP contribution in [-0.4, -0.2) is 39.8 Å².